The zero-order chi connectivity index (χ0) is 18.9. The summed E-state index contributed by atoms with van der Waals surface area (Å²) in [6.07, 6.45) is 1.78. The van der Waals surface area contributed by atoms with Crippen LogP contribution in [0, 0.1) is 5.92 Å². The van der Waals surface area contributed by atoms with Gasteiger partial charge in [0.25, 0.3) is 0 Å². The minimum atomic E-state index is -0.0348. The molecule has 1 aromatic carbocycles. The van der Waals surface area contributed by atoms with Crippen LogP contribution in [0.5, 0.6) is 0 Å². The van der Waals surface area contributed by atoms with Crippen LogP contribution >= 0.6 is 0 Å². The molecule has 0 aliphatic rings. The highest BCUT2D eigenvalue weighted by Crippen LogP contribution is 2.11. The van der Waals surface area contributed by atoms with E-state index < -0.39 is 0 Å². The molecule has 1 aromatic heterocycles. The molecule has 0 spiro atoms. The maximum Gasteiger partial charge on any atom is 0.226 e. The van der Waals surface area contributed by atoms with Crippen LogP contribution in [0.2, 0.25) is 0 Å². The quantitative estimate of drug-likeness (QED) is 0.525. The lowest BCUT2D eigenvalue weighted by atomic mass is 10.2. The fraction of sp³-hybridized carbons (Fsp3) is 0.421. The molecule has 0 unspecified atom stereocenters. The Labute approximate surface area is 154 Å². The molecular formula is C19H28N6O. The molecule has 1 amide bonds. The molecule has 0 atom stereocenters. The number of hydrogen-bond donors (Lipinski definition) is 3. The topological polar surface area (TPSA) is 83.3 Å². The molecule has 0 fully saturated rings. The third kappa shape index (κ3) is 5.91. The lowest BCUT2D eigenvalue weighted by molar-refractivity contribution is -0.118. The Bertz CT molecular complexity index is 733. The van der Waals surface area contributed by atoms with Gasteiger partial charge in [0.2, 0.25) is 5.91 Å². The second-order valence-corrected chi connectivity index (χ2v) is 6.34. The van der Waals surface area contributed by atoms with E-state index in [2.05, 4.69) is 26.0 Å². The van der Waals surface area contributed by atoms with Gasteiger partial charge in [0, 0.05) is 31.4 Å². The highest BCUT2D eigenvalue weighted by Gasteiger charge is 2.06. The Morgan fingerprint density at radius 3 is 2.50 bits per heavy atom. The summed E-state index contributed by atoms with van der Waals surface area (Å²) in [5.74, 6) is 0.739. The SMILES string of the molecule is CCNC(=NCc1ccc(NC(=O)C(C)C)cc1)NCc1ccnn1C. The zero-order valence-corrected chi connectivity index (χ0v) is 15.9. The predicted octanol–water partition coefficient (Wildman–Crippen LogP) is 2.27. The first-order valence-electron chi connectivity index (χ1n) is 8.88. The van der Waals surface area contributed by atoms with Crippen molar-refractivity contribution in [1.29, 1.82) is 0 Å². The van der Waals surface area contributed by atoms with Crippen molar-refractivity contribution >= 4 is 17.6 Å². The van der Waals surface area contributed by atoms with Crippen LogP contribution in [0.25, 0.3) is 0 Å². The summed E-state index contributed by atoms with van der Waals surface area (Å²) in [4.78, 5) is 16.3. The average Bonchev–Trinajstić information content (AvgIpc) is 3.03. The van der Waals surface area contributed by atoms with E-state index in [1.54, 1.807) is 6.20 Å². The van der Waals surface area contributed by atoms with Crippen LogP contribution in [0.4, 0.5) is 5.69 Å². The largest absolute Gasteiger partial charge is 0.357 e. The maximum absolute atomic E-state index is 11.7. The lowest BCUT2D eigenvalue weighted by Crippen LogP contribution is -2.37. The number of anilines is 1. The van der Waals surface area contributed by atoms with Crippen LogP contribution in [-0.2, 0) is 24.9 Å². The first-order chi connectivity index (χ1) is 12.5. The van der Waals surface area contributed by atoms with E-state index in [0.29, 0.717) is 13.1 Å². The molecule has 3 N–H and O–H groups in total. The number of rotatable bonds is 7. The van der Waals surface area contributed by atoms with Gasteiger partial charge >= 0.3 is 0 Å². The predicted molar refractivity (Wildman–Crippen MR) is 105 cm³/mol. The van der Waals surface area contributed by atoms with Crippen molar-refractivity contribution < 1.29 is 4.79 Å². The van der Waals surface area contributed by atoms with Gasteiger partial charge in [0.15, 0.2) is 5.96 Å². The molecule has 26 heavy (non-hydrogen) atoms. The van der Waals surface area contributed by atoms with Crippen molar-refractivity contribution in [2.24, 2.45) is 18.0 Å². The summed E-state index contributed by atoms with van der Waals surface area (Å²) in [5.41, 5.74) is 2.96. The van der Waals surface area contributed by atoms with Gasteiger partial charge in [-0.3, -0.25) is 9.48 Å². The van der Waals surface area contributed by atoms with Crippen LogP contribution in [-0.4, -0.2) is 28.2 Å². The third-order valence-electron chi connectivity index (χ3n) is 3.87. The Kier molecular flexibility index (Phi) is 7.20. The Balaban J connectivity index is 1.93. The molecule has 0 aliphatic heterocycles. The van der Waals surface area contributed by atoms with Gasteiger partial charge in [0.05, 0.1) is 18.8 Å². The standard InChI is InChI=1S/C19H28N6O/c1-5-20-19(22-13-17-10-11-23-25(17)4)21-12-15-6-8-16(9-7-15)24-18(26)14(2)3/h6-11,14H,5,12-13H2,1-4H3,(H,24,26)(H2,20,21,22). The molecule has 0 radical (unpaired) electrons. The Hall–Kier alpha value is -2.83. The van der Waals surface area contributed by atoms with E-state index >= 15 is 0 Å². The monoisotopic (exact) mass is 356 g/mol. The molecule has 0 aliphatic carbocycles. The van der Waals surface area contributed by atoms with Gasteiger partial charge in [-0.1, -0.05) is 26.0 Å². The molecule has 0 saturated carbocycles. The Morgan fingerprint density at radius 1 is 1.19 bits per heavy atom. The number of aromatic nitrogens is 2. The second-order valence-electron chi connectivity index (χ2n) is 6.34. The number of carbonyl (C=O) groups excluding carboxylic acids is 1. The number of guanidine groups is 1. The summed E-state index contributed by atoms with van der Waals surface area (Å²) in [5, 5.41) is 13.6. The van der Waals surface area contributed by atoms with Crippen molar-refractivity contribution in [2.75, 3.05) is 11.9 Å². The highest BCUT2D eigenvalue weighted by atomic mass is 16.1. The number of amides is 1. The molecule has 7 heteroatoms. The van der Waals surface area contributed by atoms with Crippen LogP contribution in [0.1, 0.15) is 32.0 Å². The smallest absolute Gasteiger partial charge is 0.226 e. The van der Waals surface area contributed by atoms with Gasteiger partial charge in [-0.25, -0.2) is 4.99 Å². The zero-order valence-electron chi connectivity index (χ0n) is 15.9. The summed E-state index contributed by atoms with van der Waals surface area (Å²) in [7, 11) is 1.92. The first-order valence-corrected chi connectivity index (χ1v) is 8.88. The molecule has 0 saturated heterocycles. The van der Waals surface area contributed by atoms with Crippen molar-refractivity contribution in [2.45, 2.75) is 33.9 Å². The maximum atomic E-state index is 11.7. The molecule has 2 aromatic rings. The van der Waals surface area contributed by atoms with Crippen LogP contribution in [0.3, 0.4) is 0 Å². The van der Waals surface area contributed by atoms with E-state index in [0.717, 1.165) is 29.4 Å². The van der Waals surface area contributed by atoms with Crippen molar-refractivity contribution in [3.63, 3.8) is 0 Å². The number of aliphatic imine (C=N–C) groups is 1. The van der Waals surface area contributed by atoms with E-state index in [9.17, 15) is 4.79 Å². The fourth-order valence-electron chi connectivity index (χ4n) is 2.24. The highest BCUT2D eigenvalue weighted by molar-refractivity contribution is 5.92. The van der Waals surface area contributed by atoms with Crippen LogP contribution < -0.4 is 16.0 Å². The van der Waals surface area contributed by atoms with Gasteiger partial charge < -0.3 is 16.0 Å². The summed E-state index contributed by atoms with van der Waals surface area (Å²) >= 11 is 0. The number of nitrogens with one attached hydrogen (secondary N) is 3. The first kappa shape index (κ1) is 19.5. The minimum absolute atomic E-state index is 0.0181. The van der Waals surface area contributed by atoms with E-state index in [1.807, 2.05) is 62.8 Å². The number of nitrogens with zero attached hydrogens (tertiary/aromatic N) is 3. The van der Waals surface area contributed by atoms with Gasteiger partial charge in [-0.05, 0) is 30.7 Å². The van der Waals surface area contributed by atoms with E-state index in [-0.39, 0.29) is 11.8 Å². The molecule has 1 heterocycles. The number of benzene rings is 1. The van der Waals surface area contributed by atoms with E-state index in [1.165, 1.54) is 0 Å². The van der Waals surface area contributed by atoms with Crippen molar-refractivity contribution in [3.05, 3.63) is 47.8 Å². The summed E-state index contributed by atoms with van der Waals surface area (Å²) in [6.45, 7) is 7.78. The molecule has 2 rings (SSSR count). The molecule has 7 nitrogen and oxygen atoms in total. The normalized spacial score (nSPS) is 11.5. The Morgan fingerprint density at radius 2 is 1.92 bits per heavy atom. The van der Waals surface area contributed by atoms with E-state index in [4.69, 9.17) is 0 Å². The second kappa shape index (κ2) is 9.60. The van der Waals surface area contributed by atoms with Gasteiger partial charge in [0.1, 0.15) is 0 Å². The molecule has 0 bridgehead atoms. The number of carbonyl (C=O) groups is 1. The van der Waals surface area contributed by atoms with Crippen molar-refractivity contribution in [3.8, 4) is 0 Å². The third-order valence-corrected chi connectivity index (χ3v) is 3.87. The molecule has 140 valence electrons. The average molecular weight is 356 g/mol. The minimum Gasteiger partial charge on any atom is -0.357 e. The molecular weight excluding hydrogens is 328 g/mol. The number of hydrogen-bond acceptors (Lipinski definition) is 3. The summed E-state index contributed by atoms with van der Waals surface area (Å²) < 4.78 is 1.83. The van der Waals surface area contributed by atoms with Gasteiger partial charge in [-0.15, -0.1) is 0 Å². The van der Waals surface area contributed by atoms with Crippen molar-refractivity contribution in [1.82, 2.24) is 20.4 Å². The summed E-state index contributed by atoms with van der Waals surface area (Å²) in [6, 6.07) is 9.73. The van der Waals surface area contributed by atoms with Crippen LogP contribution in [0.15, 0.2) is 41.5 Å². The van der Waals surface area contributed by atoms with Gasteiger partial charge in [-0.2, -0.15) is 5.10 Å². The lowest BCUT2D eigenvalue weighted by Gasteiger charge is -2.12. The fourth-order valence-corrected chi connectivity index (χ4v) is 2.24. The number of aryl methyl sites for hydroxylation is 1.